The summed E-state index contributed by atoms with van der Waals surface area (Å²) >= 11 is 0. The van der Waals surface area contributed by atoms with Crippen molar-refractivity contribution in [1.29, 1.82) is 0 Å². The predicted molar refractivity (Wildman–Crippen MR) is 45.1 cm³/mol. The lowest BCUT2D eigenvalue weighted by molar-refractivity contribution is 0.311. The molecule has 0 aromatic heterocycles. The van der Waals surface area contributed by atoms with E-state index in [1.165, 1.54) is 32.1 Å². The fraction of sp³-hybridized carbons (Fsp3) is 1.00. The molecular formula is C8H17N3. The van der Waals surface area contributed by atoms with Crippen LogP contribution >= 0.6 is 0 Å². The third kappa shape index (κ3) is 2.48. The van der Waals surface area contributed by atoms with Crippen molar-refractivity contribution in [2.75, 3.05) is 0 Å². The van der Waals surface area contributed by atoms with E-state index in [4.69, 9.17) is 5.84 Å². The van der Waals surface area contributed by atoms with Gasteiger partial charge in [0.05, 0.1) is 6.04 Å². The van der Waals surface area contributed by atoms with Gasteiger partial charge < -0.3 is 5.84 Å². The zero-order chi connectivity index (χ0) is 8.10. The molecule has 3 heteroatoms. The molecule has 0 aromatic rings. The minimum Gasteiger partial charge on any atom is -0.305 e. The summed E-state index contributed by atoms with van der Waals surface area (Å²) in [5, 5.41) is 7.29. The summed E-state index contributed by atoms with van der Waals surface area (Å²) in [4.78, 5) is 0. The SMILES string of the molecule is CC(N=NN)C1CCCCC1. The fourth-order valence-electron chi connectivity index (χ4n) is 1.82. The first-order chi connectivity index (χ1) is 5.34. The molecule has 0 spiro atoms. The molecule has 2 N–H and O–H groups in total. The predicted octanol–water partition coefficient (Wildman–Crippen LogP) is 2.28. The molecule has 0 aliphatic heterocycles. The van der Waals surface area contributed by atoms with E-state index in [9.17, 15) is 0 Å². The number of nitrogens with zero attached hydrogens (tertiary/aromatic N) is 2. The molecule has 1 unspecified atom stereocenters. The standard InChI is InChI=1S/C8H17N3/c1-7(10-11-9)8-5-3-2-4-6-8/h7-8H,2-6H2,1H3,(H2,9,10). The van der Waals surface area contributed by atoms with Gasteiger partial charge >= 0.3 is 0 Å². The van der Waals surface area contributed by atoms with E-state index in [0.29, 0.717) is 6.04 Å². The van der Waals surface area contributed by atoms with Crippen LogP contribution in [0.3, 0.4) is 0 Å². The molecule has 64 valence electrons. The molecule has 11 heavy (non-hydrogen) atoms. The normalized spacial score (nSPS) is 24.1. The van der Waals surface area contributed by atoms with Gasteiger partial charge in [-0.25, -0.2) is 0 Å². The summed E-state index contributed by atoms with van der Waals surface area (Å²) in [5.41, 5.74) is 0. The average molecular weight is 155 g/mol. The second kappa shape index (κ2) is 4.31. The zero-order valence-electron chi connectivity index (χ0n) is 7.16. The molecule has 0 heterocycles. The third-order valence-corrected chi connectivity index (χ3v) is 2.58. The lowest BCUT2D eigenvalue weighted by Gasteiger charge is -2.23. The number of rotatable bonds is 2. The highest BCUT2D eigenvalue weighted by molar-refractivity contribution is 4.74. The van der Waals surface area contributed by atoms with Gasteiger partial charge in [-0.2, -0.15) is 5.11 Å². The highest BCUT2D eigenvalue weighted by Gasteiger charge is 2.19. The molecule has 1 aliphatic carbocycles. The van der Waals surface area contributed by atoms with Crippen LogP contribution in [0.2, 0.25) is 0 Å². The summed E-state index contributed by atoms with van der Waals surface area (Å²) in [7, 11) is 0. The molecule has 3 nitrogen and oxygen atoms in total. The Bertz CT molecular complexity index is 127. The maximum Gasteiger partial charge on any atom is 0.0729 e. The van der Waals surface area contributed by atoms with Crippen molar-refractivity contribution < 1.29 is 0 Å². The summed E-state index contributed by atoms with van der Waals surface area (Å²) in [5.74, 6) is 5.73. The molecule has 0 bridgehead atoms. The van der Waals surface area contributed by atoms with Crippen LogP contribution in [-0.4, -0.2) is 6.04 Å². The molecule has 1 rings (SSSR count). The van der Waals surface area contributed by atoms with Gasteiger partial charge in [0.15, 0.2) is 0 Å². The molecule has 0 saturated heterocycles. The zero-order valence-corrected chi connectivity index (χ0v) is 7.16. The van der Waals surface area contributed by atoms with Crippen molar-refractivity contribution in [3.8, 4) is 0 Å². The van der Waals surface area contributed by atoms with Gasteiger partial charge in [0, 0.05) is 0 Å². The smallest absolute Gasteiger partial charge is 0.0729 e. The lowest BCUT2D eigenvalue weighted by atomic mass is 9.85. The first-order valence-corrected chi connectivity index (χ1v) is 4.44. The quantitative estimate of drug-likeness (QED) is 0.371. The molecule has 1 saturated carbocycles. The Labute approximate surface area is 68.0 Å². The molecular weight excluding hydrogens is 138 g/mol. The third-order valence-electron chi connectivity index (χ3n) is 2.58. The van der Waals surface area contributed by atoms with Crippen molar-refractivity contribution in [2.45, 2.75) is 45.1 Å². The van der Waals surface area contributed by atoms with E-state index >= 15 is 0 Å². The van der Waals surface area contributed by atoms with Crippen LogP contribution in [-0.2, 0) is 0 Å². The minimum absolute atomic E-state index is 0.334. The van der Waals surface area contributed by atoms with Gasteiger partial charge in [-0.15, -0.1) is 0 Å². The largest absolute Gasteiger partial charge is 0.305 e. The number of hydrogen-bond donors (Lipinski definition) is 1. The highest BCUT2D eigenvalue weighted by Crippen LogP contribution is 2.27. The lowest BCUT2D eigenvalue weighted by Crippen LogP contribution is -2.18. The maximum absolute atomic E-state index is 4.99. The van der Waals surface area contributed by atoms with E-state index in [0.717, 1.165) is 5.92 Å². The van der Waals surface area contributed by atoms with E-state index in [1.54, 1.807) is 0 Å². The van der Waals surface area contributed by atoms with Crippen LogP contribution in [0.4, 0.5) is 0 Å². The Balaban J connectivity index is 2.32. The molecule has 1 fully saturated rings. The van der Waals surface area contributed by atoms with Gasteiger partial charge in [0.1, 0.15) is 0 Å². The summed E-state index contributed by atoms with van der Waals surface area (Å²) < 4.78 is 0. The Hall–Kier alpha value is -0.600. The van der Waals surface area contributed by atoms with Crippen LogP contribution in [0.5, 0.6) is 0 Å². The first kappa shape index (κ1) is 8.50. The molecule has 0 radical (unpaired) electrons. The van der Waals surface area contributed by atoms with Crippen LogP contribution in [0.1, 0.15) is 39.0 Å². The second-order valence-corrected chi connectivity index (χ2v) is 3.37. The van der Waals surface area contributed by atoms with E-state index < -0.39 is 0 Å². The molecule has 0 aromatic carbocycles. The summed E-state index contributed by atoms with van der Waals surface area (Å²) in [6.07, 6.45) is 6.72. The first-order valence-electron chi connectivity index (χ1n) is 4.44. The Kier molecular flexibility index (Phi) is 3.33. The second-order valence-electron chi connectivity index (χ2n) is 3.37. The van der Waals surface area contributed by atoms with Gasteiger partial charge in [0.2, 0.25) is 0 Å². The summed E-state index contributed by atoms with van der Waals surface area (Å²) in [6.45, 7) is 2.10. The monoisotopic (exact) mass is 155 g/mol. The highest BCUT2D eigenvalue weighted by atomic mass is 15.3. The minimum atomic E-state index is 0.334. The fourth-order valence-corrected chi connectivity index (χ4v) is 1.82. The van der Waals surface area contributed by atoms with Crippen LogP contribution in [0.15, 0.2) is 10.3 Å². The number of nitrogens with two attached hydrogens (primary N) is 1. The van der Waals surface area contributed by atoms with Crippen LogP contribution < -0.4 is 5.84 Å². The van der Waals surface area contributed by atoms with Gasteiger partial charge in [-0.3, -0.25) is 0 Å². The van der Waals surface area contributed by atoms with Crippen LogP contribution in [0.25, 0.3) is 0 Å². The Morgan fingerprint density at radius 3 is 2.45 bits per heavy atom. The van der Waals surface area contributed by atoms with Crippen molar-refractivity contribution in [2.24, 2.45) is 22.1 Å². The molecule has 1 aliphatic rings. The average Bonchev–Trinajstić information content (AvgIpc) is 2.07. The topological polar surface area (TPSA) is 50.7 Å². The van der Waals surface area contributed by atoms with Crippen molar-refractivity contribution in [1.82, 2.24) is 0 Å². The molecule has 0 amide bonds. The Morgan fingerprint density at radius 1 is 1.27 bits per heavy atom. The van der Waals surface area contributed by atoms with Crippen molar-refractivity contribution in [3.05, 3.63) is 0 Å². The van der Waals surface area contributed by atoms with Gasteiger partial charge in [0.25, 0.3) is 0 Å². The van der Waals surface area contributed by atoms with E-state index in [1.807, 2.05) is 0 Å². The summed E-state index contributed by atoms with van der Waals surface area (Å²) in [6, 6.07) is 0.334. The Morgan fingerprint density at radius 2 is 1.91 bits per heavy atom. The van der Waals surface area contributed by atoms with E-state index in [-0.39, 0.29) is 0 Å². The number of hydrogen-bond acceptors (Lipinski definition) is 2. The van der Waals surface area contributed by atoms with Crippen molar-refractivity contribution in [3.63, 3.8) is 0 Å². The van der Waals surface area contributed by atoms with Crippen LogP contribution in [0, 0.1) is 5.92 Å². The maximum atomic E-state index is 4.99. The molecule has 1 atom stereocenters. The van der Waals surface area contributed by atoms with Crippen molar-refractivity contribution >= 4 is 0 Å². The van der Waals surface area contributed by atoms with E-state index in [2.05, 4.69) is 17.3 Å². The van der Waals surface area contributed by atoms with Gasteiger partial charge in [-0.05, 0) is 25.7 Å². The van der Waals surface area contributed by atoms with Gasteiger partial charge in [-0.1, -0.05) is 24.5 Å².